The minimum Gasteiger partial charge on any atom is -0.310 e. The van der Waals surface area contributed by atoms with Crippen LogP contribution in [0.2, 0.25) is 0 Å². The molecule has 8 aliphatic rings. The SMILES string of the molecule is CC1(C)c2ccccc2-c2cc(N(c3ccc(-c4ccc(C5CC6CCC5C6)cc4)cc3)c3ccc4sc5ccccc5c4c3)ccc21.CC1(C)c2ccccc2-c2cc(N(c3ccc(-c4ccccc4)cc3)c3ccc(-c4ccc(C5CC6CCC5C6)cc4)cc3)ccc21.c1ccc(-c2ccc(N(c3ccc(-c4ccc(C5CC6CCC5C6)cc4)cc3)c3ccc4c(c3)c3ccccc3n4-c3ccccc3)cc2)cc1. The second-order valence-corrected chi connectivity index (χ2v) is 45.2. The summed E-state index contributed by atoms with van der Waals surface area (Å²) in [4.78, 5) is 7.25. The highest BCUT2D eigenvalue weighted by Gasteiger charge is 2.44. The first-order valence-corrected chi connectivity index (χ1v) is 54.4. The molecule has 29 rings (SSSR count). The van der Waals surface area contributed by atoms with Gasteiger partial charge in [0.25, 0.3) is 0 Å². The highest BCUT2D eigenvalue weighted by Crippen LogP contribution is 2.59. The van der Waals surface area contributed by atoms with Gasteiger partial charge in [-0.2, -0.15) is 0 Å². The van der Waals surface area contributed by atoms with Crippen LogP contribution in [0.5, 0.6) is 0 Å². The topological polar surface area (TPSA) is 14.7 Å². The van der Waals surface area contributed by atoms with Gasteiger partial charge >= 0.3 is 0 Å². The van der Waals surface area contributed by atoms with E-state index in [0.717, 1.165) is 81.7 Å². The van der Waals surface area contributed by atoms with Crippen LogP contribution in [-0.2, 0) is 10.8 Å². The lowest BCUT2D eigenvalue weighted by atomic mass is 9.82. The molecule has 4 nitrogen and oxygen atoms in total. The number of hydrogen-bond acceptors (Lipinski definition) is 4. The third kappa shape index (κ3) is 16.2. The summed E-state index contributed by atoms with van der Waals surface area (Å²) in [7, 11) is 0. The number of rotatable bonds is 18. The number of fused-ring (bicyclic) bond motifs is 18. The van der Waals surface area contributed by atoms with Crippen molar-refractivity contribution >= 4 is 105 Å². The molecule has 0 aliphatic heterocycles. The van der Waals surface area contributed by atoms with Crippen LogP contribution in [0.3, 0.4) is 0 Å². The molecule has 0 amide bonds. The second kappa shape index (κ2) is 37.0. The van der Waals surface area contributed by atoms with Crippen molar-refractivity contribution < 1.29 is 0 Å². The molecule has 21 aromatic rings. The van der Waals surface area contributed by atoms with E-state index in [4.69, 9.17) is 0 Å². The third-order valence-electron chi connectivity index (χ3n) is 35.3. The van der Waals surface area contributed by atoms with Gasteiger partial charge < -0.3 is 19.3 Å². The average Bonchev–Trinajstić information content (AvgIpc) is 1.58. The van der Waals surface area contributed by atoms with Crippen molar-refractivity contribution in [2.75, 3.05) is 14.7 Å². The van der Waals surface area contributed by atoms with E-state index in [1.54, 1.807) is 11.1 Å². The largest absolute Gasteiger partial charge is 0.310 e. The Kier molecular flexibility index (Phi) is 22.7. The molecule has 9 atom stereocenters. The summed E-state index contributed by atoms with van der Waals surface area (Å²) >= 11 is 1.88. The molecular formula is C141H120N4S. The summed E-state index contributed by atoms with van der Waals surface area (Å²) < 4.78 is 5.04. The van der Waals surface area contributed by atoms with Gasteiger partial charge in [0.05, 0.1) is 11.0 Å². The highest BCUT2D eigenvalue weighted by molar-refractivity contribution is 7.25. The number of thiophene rings is 1. The number of hydrogen-bond donors (Lipinski definition) is 0. The zero-order valence-electron chi connectivity index (χ0n) is 83.7. The number of anilines is 9. The molecule has 6 bridgehead atoms. The molecule has 146 heavy (non-hydrogen) atoms. The van der Waals surface area contributed by atoms with E-state index in [2.05, 4.69) is 502 Å². The smallest absolute Gasteiger partial charge is 0.0542 e. The number of benzene rings is 19. The molecule has 0 spiro atoms. The fourth-order valence-corrected chi connectivity index (χ4v) is 28.9. The molecule has 2 aromatic heterocycles. The summed E-state index contributed by atoms with van der Waals surface area (Å²) in [5, 5.41) is 5.14. The Balaban J connectivity index is 0.000000109. The lowest BCUT2D eigenvalue weighted by Crippen LogP contribution is -2.15. The Morgan fingerprint density at radius 2 is 0.500 bits per heavy atom. The van der Waals surface area contributed by atoms with Crippen molar-refractivity contribution in [2.45, 2.75) is 133 Å². The van der Waals surface area contributed by atoms with Crippen LogP contribution in [-0.4, -0.2) is 4.57 Å². The minimum atomic E-state index is -0.0155. The maximum atomic E-state index is 2.45. The van der Waals surface area contributed by atoms with Crippen LogP contribution in [0.25, 0.3) is 126 Å². The molecule has 2 heterocycles. The molecule has 6 saturated carbocycles. The summed E-state index contributed by atoms with van der Waals surface area (Å²) in [6, 6.07) is 169. The van der Waals surface area contributed by atoms with Gasteiger partial charge in [0.1, 0.15) is 0 Å². The first-order chi connectivity index (χ1) is 71.8. The summed E-state index contributed by atoms with van der Waals surface area (Å²) in [5.74, 6) is 7.96. The summed E-state index contributed by atoms with van der Waals surface area (Å²) in [6.45, 7) is 9.41. The predicted octanol–water partition coefficient (Wildman–Crippen LogP) is 39.6. The van der Waals surface area contributed by atoms with E-state index in [9.17, 15) is 0 Å². The summed E-state index contributed by atoms with van der Waals surface area (Å²) in [6.07, 6.45) is 17.2. The lowest BCUT2D eigenvalue weighted by molar-refractivity contribution is 0.420. The van der Waals surface area contributed by atoms with Crippen molar-refractivity contribution in [3.05, 3.63) is 494 Å². The maximum absolute atomic E-state index is 2.45. The predicted molar refractivity (Wildman–Crippen MR) is 617 cm³/mol. The standard InChI is InChI=1S/C49H40N2.C46H39NS.C46H41N/c1-3-9-35(10-4-1)37-21-25-42(26-22-37)50(43-27-23-38(24-28-43)36-17-19-39(20-18-36)46-32-34-15-16-40(46)31-34)44-29-30-49-47(33-44)45-13-7-8-14-48(45)51(49)41-11-5-2-6-12-41;1-46(2)42-9-5-3-7-37(42)40-27-35(21-23-43(40)46)47(36-22-24-45-41(28-36)38-8-4-6-10-44(38)48-45)34-19-17-31(18-20-34)30-13-15-32(16-14-30)39-26-29-11-12-33(39)25-29;1-46(2)44-11-7-6-10-41(44)43-30-40(26-27-45(43)46)47(38-22-18-34(19-23-38)32-8-4-3-5-9-32)39-24-20-35(21-25-39)33-14-16-36(17-15-33)42-29-31-12-13-37(42)28-31/h1-14,17-30,33-34,40,46H,15-16,31-32H2;3-10,13-24,27-29,33,39H,11-12,25-26H2,1-2H3;3-11,14-27,30-31,37,42H,12-13,28-29H2,1-2H3. The second-order valence-electron chi connectivity index (χ2n) is 44.2. The van der Waals surface area contributed by atoms with Gasteiger partial charge in [-0.1, -0.05) is 356 Å². The number of aromatic nitrogens is 1. The van der Waals surface area contributed by atoms with Crippen LogP contribution in [0.15, 0.2) is 455 Å². The fourth-order valence-electron chi connectivity index (χ4n) is 27.8. The van der Waals surface area contributed by atoms with Gasteiger partial charge in [0, 0.05) is 98.6 Å². The molecule has 0 N–H and O–H groups in total. The molecule has 19 aromatic carbocycles. The van der Waals surface area contributed by atoms with Crippen LogP contribution in [0, 0.1) is 35.5 Å². The lowest BCUT2D eigenvalue weighted by Gasteiger charge is -2.27. The molecule has 0 radical (unpaired) electrons. The third-order valence-corrected chi connectivity index (χ3v) is 36.4. The van der Waals surface area contributed by atoms with Crippen LogP contribution < -0.4 is 14.7 Å². The van der Waals surface area contributed by atoms with E-state index in [0.29, 0.717) is 0 Å². The van der Waals surface area contributed by atoms with E-state index >= 15 is 0 Å². The number of nitrogens with zero attached hydrogens (tertiary/aromatic N) is 4. The Bertz CT molecular complexity index is 8430. The van der Waals surface area contributed by atoms with Crippen molar-refractivity contribution in [3.63, 3.8) is 0 Å². The van der Waals surface area contributed by atoms with Gasteiger partial charge in [0.15, 0.2) is 0 Å². The Morgan fingerprint density at radius 3 is 0.890 bits per heavy atom. The van der Waals surface area contributed by atoms with Crippen molar-refractivity contribution in [1.29, 1.82) is 0 Å². The Hall–Kier alpha value is -15.4. The maximum Gasteiger partial charge on any atom is 0.0542 e. The van der Waals surface area contributed by atoms with Gasteiger partial charge in [-0.05, 0) is 373 Å². The van der Waals surface area contributed by atoms with E-state index in [-0.39, 0.29) is 10.8 Å². The fraction of sp³-hybridized carbons (Fsp3) is 0.191. The first kappa shape index (κ1) is 89.4. The van der Waals surface area contributed by atoms with E-state index in [1.165, 1.54) is 253 Å². The zero-order chi connectivity index (χ0) is 97.2. The molecule has 5 heteroatoms. The van der Waals surface area contributed by atoms with Crippen molar-refractivity contribution in [2.24, 2.45) is 35.5 Å². The minimum absolute atomic E-state index is 0.0127. The van der Waals surface area contributed by atoms with Gasteiger partial charge in [0.2, 0.25) is 0 Å². The molecule has 8 aliphatic carbocycles. The molecule has 0 saturated heterocycles. The average molecular weight is 1900 g/mol. The monoisotopic (exact) mass is 1900 g/mol. The Morgan fingerprint density at radius 1 is 0.212 bits per heavy atom. The zero-order valence-corrected chi connectivity index (χ0v) is 84.5. The van der Waals surface area contributed by atoms with Gasteiger partial charge in [-0.15, -0.1) is 11.3 Å². The van der Waals surface area contributed by atoms with Gasteiger partial charge in [-0.25, -0.2) is 0 Å². The highest BCUT2D eigenvalue weighted by atomic mass is 32.1. The first-order valence-electron chi connectivity index (χ1n) is 53.6. The molecule has 6 fully saturated rings. The normalized spacial score (nSPS) is 19.5. The van der Waals surface area contributed by atoms with Crippen molar-refractivity contribution in [3.8, 4) is 83.6 Å². The summed E-state index contributed by atoms with van der Waals surface area (Å²) in [5.41, 5.74) is 42.1. The van der Waals surface area contributed by atoms with Crippen LogP contribution in [0.1, 0.15) is 161 Å². The molecule has 710 valence electrons. The van der Waals surface area contributed by atoms with Crippen LogP contribution >= 0.6 is 11.3 Å². The van der Waals surface area contributed by atoms with E-state index in [1.807, 2.05) is 11.3 Å². The van der Waals surface area contributed by atoms with Gasteiger partial charge in [-0.3, -0.25) is 0 Å². The quantitative estimate of drug-likeness (QED) is 0.0851. The van der Waals surface area contributed by atoms with Crippen LogP contribution in [0.4, 0.5) is 51.2 Å². The van der Waals surface area contributed by atoms with Crippen molar-refractivity contribution in [1.82, 2.24) is 4.57 Å². The molecular weight excluding hydrogens is 1780 g/mol. The Labute approximate surface area is 863 Å². The van der Waals surface area contributed by atoms with E-state index < -0.39 is 0 Å². The number of para-hydroxylation sites is 2. The molecule has 9 unspecified atom stereocenters.